The number of rotatable bonds is 3. The number of nitrogens with two attached hydrogens (primary N) is 1. The molecular weight excluding hydrogens is 393 g/mol. The van der Waals surface area contributed by atoms with E-state index in [1.165, 1.54) is 22.6 Å². The first kappa shape index (κ1) is 19.4. The summed E-state index contributed by atoms with van der Waals surface area (Å²) in [5, 5.41) is 11.0. The van der Waals surface area contributed by atoms with Crippen LogP contribution in [0.4, 0.5) is 4.39 Å². The Bertz CT molecular complexity index is 1200. The van der Waals surface area contributed by atoms with E-state index in [0.29, 0.717) is 17.1 Å². The molecule has 31 heavy (non-hydrogen) atoms. The van der Waals surface area contributed by atoms with E-state index in [9.17, 15) is 0 Å². The van der Waals surface area contributed by atoms with Crippen LogP contribution in [0.3, 0.4) is 0 Å². The van der Waals surface area contributed by atoms with Crippen LogP contribution in [0, 0.1) is 12.7 Å². The molecule has 0 spiro atoms. The second-order valence-corrected chi connectivity index (χ2v) is 7.93. The average Bonchev–Trinajstić information content (AvgIpc) is 3.40. The summed E-state index contributed by atoms with van der Waals surface area (Å²) < 4.78 is 16.4. The zero-order chi connectivity index (χ0) is 21.6. The first-order valence-corrected chi connectivity index (χ1v) is 10.3. The van der Waals surface area contributed by atoms with Gasteiger partial charge in [0.15, 0.2) is 5.79 Å². The Balaban J connectivity index is 1.52. The van der Waals surface area contributed by atoms with Crippen LogP contribution >= 0.6 is 0 Å². The summed E-state index contributed by atoms with van der Waals surface area (Å²) in [5.74, 6) is -0.114. The van der Waals surface area contributed by atoms with Crippen molar-refractivity contribution in [3.05, 3.63) is 88.9 Å². The summed E-state index contributed by atoms with van der Waals surface area (Å²) >= 11 is 0. The van der Waals surface area contributed by atoms with Gasteiger partial charge in [-0.2, -0.15) is 5.10 Å². The third-order valence-corrected chi connectivity index (χ3v) is 5.97. The van der Waals surface area contributed by atoms with Gasteiger partial charge in [-0.3, -0.25) is 10.7 Å². The molecule has 0 radical (unpaired) electrons. The van der Waals surface area contributed by atoms with Crippen LogP contribution in [-0.4, -0.2) is 27.6 Å². The van der Waals surface area contributed by atoms with Crippen LogP contribution < -0.4 is 16.4 Å². The number of aryl methyl sites for hydroxylation is 1. The Morgan fingerprint density at radius 2 is 2.00 bits per heavy atom. The molecule has 0 amide bonds. The van der Waals surface area contributed by atoms with Gasteiger partial charge in [0.1, 0.15) is 29.5 Å². The molecule has 1 aliphatic carbocycles. The third-order valence-electron chi connectivity index (χ3n) is 5.97. The number of allylic oxidation sites excluding steroid dienone is 1. The van der Waals surface area contributed by atoms with E-state index >= 15 is 4.39 Å². The van der Waals surface area contributed by atoms with Crippen molar-refractivity contribution in [2.24, 2.45) is 10.7 Å². The number of amidine groups is 1. The number of hydrogen-bond acceptors (Lipinski definition) is 5. The van der Waals surface area contributed by atoms with Gasteiger partial charge in [0.05, 0.1) is 0 Å². The van der Waals surface area contributed by atoms with E-state index in [0.717, 1.165) is 29.9 Å². The smallest absolute Gasteiger partial charge is 0.190 e. The largest absolute Gasteiger partial charge is 0.349 e. The highest BCUT2D eigenvalue weighted by atomic mass is 19.1. The van der Waals surface area contributed by atoms with Crippen molar-refractivity contribution in [2.75, 3.05) is 7.05 Å². The van der Waals surface area contributed by atoms with Gasteiger partial charge in [-0.05, 0) is 37.5 Å². The quantitative estimate of drug-likeness (QED) is 0.609. The third kappa shape index (κ3) is 3.29. The highest BCUT2D eigenvalue weighted by molar-refractivity contribution is 6.01. The molecule has 2 heterocycles. The van der Waals surface area contributed by atoms with E-state index in [1.807, 2.05) is 18.2 Å². The SMILES string of the molecule is CN=C1NC(N)(c2ccc(-n3cnc(C)n3)c(F)c2)NC2=C1CCC2c1ccccc1. The van der Waals surface area contributed by atoms with Gasteiger partial charge >= 0.3 is 0 Å². The fourth-order valence-corrected chi connectivity index (χ4v) is 4.45. The maximum atomic E-state index is 15.0. The number of benzene rings is 2. The highest BCUT2D eigenvalue weighted by Gasteiger charge is 2.41. The standard InChI is InChI=1S/C23H24FN7/c1-14-27-13-31(30-14)20-11-8-16(12-19(20)24)23(25)28-21-17(15-6-4-3-5-7-15)9-10-18(21)22(26-2)29-23/h3-8,11-13,17,28H,9-10,25H2,1-2H3,(H,26,29). The molecule has 2 aromatic carbocycles. The molecule has 0 saturated heterocycles. The van der Waals surface area contributed by atoms with E-state index in [2.05, 4.69) is 37.8 Å². The predicted octanol–water partition coefficient (Wildman–Crippen LogP) is 2.84. The molecule has 2 unspecified atom stereocenters. The number of halogens is 1. The Morgan fingerprint density at radius 1 is 1.19 bits per heavy atom. The monoisotopic (exact) mass is 417 g/mol. The van der Waals surface area contributed by atoms with Crippen LogP contribution in [0.25, 0.3) is 5.69 Å². The number of hydrogen-bond donors (Lipinski definition) is 3. The molecular formula is C23H24FN7. The second-order valence-electron chi connectivity index (χ2n) is 7.93. The molecule has 4 N–H and O–H groups in total. The van der Waals surface area contributed by atoms with Gasteiger partial charge in [-0.15, -0.1) is 0 Å². The molecule has 1 aromatic heterocycles. The maximum Gasteiger partial charge on any atom is 0.190 e. The van der Waals surface area contributed by atoms with Crippen molar-refractivity contribution < 1.29 is 4.39 Å². The topological polar surface area (TPSA) is 93.1 Å². The fourth-order valence-electron chi connectivity index (χ4n) is 4.45. The van der Waals surface area contributed by atoms with Crippen molar-refractivity contribution in [2.45, 2.75) is 31.5 Å². The van der Waals surface area contributed by atoms with Gasteiger partial charge in [0.2, 0.25) is 0 Å². The first-order chi connectivity index (χ1) is 15.0. The summed E-state index contributed by atoms with van der Waals surface area (Å²) in [5.41, 5.74) is 11.1. The van der Waals surface area contributed by atoms with Gasteiger partial charge in [-0.25, -0.2) is 14.1 Å². The summed E-state index contributed by atoms with van der Waals surface area (Å²) in [6, 6.07) is 15.2. The maximum absolute atomic E-state index is 15.0. The van der Waals surface area contributed by atoms with Crippen LogP contribution in [0.2, 0.25) is 0 Å². The zero-order valence-electron chi connectivity index (χ0n) is 17.4. The highest BCUT2D eigenvalue weighted by Crippen LogP contribution is 2.41. The summed E-state index contributed by atoms with van der Waals surface area (Å²) in [6.45, 7) is 1.76. The molecule has 158 valence electrons. The Kier molecular flexibility index (Phi) is 4.59. The summed E-state index contributed by atoms with van der Waals surface area (Å²) in [4.78, 5) is 8.51. The van der Waals surface area contributed by atoms with Crippen LogP contribution in [0.5, 0.6) is 0 Å². The fraction of sp³-hybridized carbons (Fsp3) is 0.261. The molecule has 1 aliphatic heterocycles. The van der Waals surface area contributed by atoms with E-state index in [1.54, 1.807) is 26.1 Å². The van der Waals surface area contributed by atoms with Crippen LogP contribution in [0.1, 0.15) is 35.7 Å². The van der Waals surface area contributed by atoms with Gasteiger partial charge in [0.25, 0.3) is 0 Å². The lowest BCUT2D eigenvalue weighted by Gasteiger charge is -2.40. The van der Waals surface area contributed by atoms with Crippen LogP contribution in [-0.2, 0) is 5.79 Å². The molecule has 3 aromatic rings. The Morgan fingerprint density at radius 3 is 2.68 bits per heavy atom. The second kappa shape index (κ2) is 7.31. The van der Waals surface area contributed by atoms with E-state index in [4.69, 9.17) is 5.73 Å². The lowest BCUT2D eigenvalue weighted by molar-refractivity contribution is 0.330. The molecule has 5 rings (SSSR count). The minimum Gasteiger partial charge on any atom is -0.349 e. The molecule has 0 bridgehead atoms. The lowest BCUT2D eigenvalue weighted by atomic mass is 9.94. The lowest BCUT2D eigenvalue weighted by Crippen LogP contribution is -2.65. The van der Waals surface area contributed by atoms with Gasteiger partial charge in [-0.1, -0.05) is 36.4 Å². The number of aliphatic imine (C=N–C) groups is 1. The zero-order valence-corrected chi connectivity index (χ0v) is 17.4. The molecule has 2 atom stereocenters. The van der Waals surface area contributed by atoms with E-state index in [-0.39, 0.29) is 5.92 Å². The van der Waals surface area contributed by atoms with Crippen molar-refractivity contribution >= 4 is 5.84 Å². The van der Waals surface area contributed by atoms with Crippen molar-refractivity contribution in [3.8, 4) is 5.69 Å². The summed E-state index contributed by atoms with van der Waals surface area (Å²) in [7, 11) is 1.74. The van der Waals surface area contributed by atoms with Crippen LogP contribution in [0.15, 0.2) is 71.1 Å². The molecule has 8 heteroatoms. The normalized spacial score (nSPS) is 24.1. The van der Waals surface area contributed by atoms with Gasteiger partial charge < -0.3 is 10.6 Å². The minimum absolute atomic E-state index is 0.195. The molecule has 0 fully saturated rings. The summed E-state index contributed by atoms with van der Waals surface area (Å²) in [6.07, 6.45) is 3.36. The minimum atomic E-state index is -1.19. The van der Waals surface area contributed by atoms with Gasteiger partial charge in [0, 0.05) is 29.8 Å². The van der Waals surface area contributed by atoms with Crippen molar-refractivity contribution in [1.29, 1.82) is 0 Å². The predicted molar refractivity (Wildman–Crippen MR) is 117 cm³/mol. The molecule has 0 saturated carbocycles. The Labute approximate surface area is 179 Å². The average molecular weight is 417 g/mol. The van der Waals surface area contributed by atoms with Crippen molar-refractivity contribution in [3.63, 3.8) is 0 Å². The molecule has 7 nitrogen and oxygen atoms in total. The molecule has 2 aliphatic rings. The van der Waals surface area contributed by atoms with E-state index < -0.39 is 11.6 Å². The number of aromatic nitrogens is 3. The first-order valence-electron chi connectivity index (χ1n) is 10.3. The van der Waals surface area contributed by atoms with Crippen molar-refractivity contribution in [1.82, 2.24) is 25.4 Å². The Hall–Kier alpha value is -3.52. The number of nitrogens with one attached hydrogen (secondary N) is 2. The number of nitrogens with zero attached hydrogens (tertiary/aromatic N) is 4.